The topological polar surface area (TPSA) is 78.7 Å². The summed E-state index contributed by atoms with van der Waals surface area (Å²) in [6, 6.07) is 5.75. The van der Waals surface area contributed by atoms with Crippen LogP contribution in [0.25, 0.3) is 11.0 Å². The van der Waals surface area contributed by atoms with Crippen LogP contribution in [0.15, 0.2) is 18.2 Å². The van der Waals surface area contributed by atoms with Gasteiger partial charge in [-0.05, 0) is 31.0 Å². The molecule has 2 aliphatic rings. The van der Waals surface area contributed by atoms with Crippen molar-refractivity contribution in [3.8, 4) is 0 Å². The largest absolute Gasteiger partial charge is 0.339 e. The van der Waals surface area contributed by atoms with E-state index in [9.17, 15) is 13.2 Å². The Bertz CT molecular complexity index is 986. The van der Waals surface area contributed by atoms with Gasteiger partial charge in [0.25, 0.3) is 5.91 Å². The predicted molar refractivity (Wildman–Crippen MR) is 108 cm³/mol. The average molecular weight is 406 g/mol. The summed E-state index contributed by atoms with van der Waals surface area (Å²) in [5, 5.41) is 0. The summed E-state index contributed by atoms with van der Waals surface area (Å²) in [5.41, 5.74) is 2.53. The number of hydrogen-bond donors (Lipinski definition) is 0. The van der Waals surface area contributed by atoms with Crippen LogP contribution in [0.4, 0.5) is 0 Å². The van der Waals surface area contributed by atoms with Gasteiger partial charge in [0.2, 0.25) is 10.0 Å². The summed E-state index contributed by atoms with van der Waals surface area (Å²) in [6.45, 7) is 4.74. The summed E-state index contributed by atoms with van der Waals surface area (Å²) >= 11 is 0. The highest BCUT2D eigenvalue weighted by Crippen LogP contribution is 2.21. The second-order valence-electron chi connectivity index (χ2n) is 7.73. The van der Waals surface area contributed by atoms with Crippen LogP contribution in [0.5, 0.6) is 0 Å². The number of rotatable bonds is 4. The Kier molecular flexibility index (Phi) is 5.15. The highest BCUT2D eigenvalue weighted by Gasteiger charge is 2.25. The Labute approximate surface area is 165 Å². The standard InChI is InChI=1S/C19H27N5O3S/c1-21-17-6-5-15(19(25)23-7-3-4-8-23)13-16(17)20-18(21)14-22-9-11-24(12-10-22)28(2,26)27/h5-6,13H,3-4,7-12,14H2,1-2H3. The molecule has 8 nitrogen and oxygen atoms in total. The number of piperazine rings is 1. The van der Waals surface area contributed by atoms with E-state index in [1.807, 2.05) is 30.1 Å². The Morgan fingerprint density at radius 3 is 2.39 bits per heavy atom. The lowest BCUT2D eigenvalue weighted by Gasteiger charge is -2.32. The number of aryl methyl sites for hydroxylation is 1. The zero-order valence-corrected chi connectivity index (χ0v) is 17.3. The minimum Gasteiger partial charge on any atom is -0.339 e. The van der Waals surface area contributed by atoms with Gasteiger partial charge in [0.1, 0.15) is 5.82 Å². The fourth-order valence-electron chi connectivity index (χ4n) is 4.05. The van der Waals surface area contributed by atoms with Crippen molar-refractivity contribution in [3.05, 3.63) is 29.6 Å². The number of fused-ring (bicyclic) bond motifs is 1. The third-order valence-electron chi connectivity index (χ3n) is 5.78. The van der Waals surface area contributed by atoms with Crippen molar-refractivity contribution in [2.75, 3.05) is 45.5 Å². The number of benzene rings is 1. The first-order chi connectivity index (χ1) is 13.3. The Morgan fingerprint density at radius 1 is 1.07 bits per heavy atom. The average Bonchev–Trinajstić information content (AvgIpc) is 3.30. The minimum absolute atomic E-state index is 0.0866. The second-order valence-corrected chi connectivity index (χ2v) is 9.71. The van der Waals surface area contributed by atoms with Gasteiger partial charge in [0.05, 0.1) is 23.8 Å². The van der Waals surface area contributed by atoms with E-state index in [0.29, 0.717) is 38.3 Å². The number of sulfonamides is 1. The van der Waals surface area contributed by atoms with E-state index in [2.05, 4.69) is 9.47 Å². The predicted octanol–water partition coefficient (Wildman–Crippen LogP) is 0.887. The summed E-state index contributed by atoms with van der Waals surface area (Å²) in [6.07, 6.45) is 3.41. The van der Waals surface area contributed by atoms with Crippen molar-refractivity contribution in [2.24, 2.45) is 7.05 Å². The Hall–Kier alpha value is -1.97. The van der Waals surface area contributed by atoms with E-state index < -0.39 is 10.0 Å². The molecule has 0 radical (unpaired) electrons. The quantitative estimate of drug-likeness (QED) is 0.755. The van der Waals surface area contributed by atoms with Crippen LogP contribution in [0.3, 0.4) is 0 Å². The molecule has 0 N–H and O–H groups in total. The van der Waals surface area contributed by atoms with Gasteiger partial charge in [-0.2, -0.15) is 4.31 Å². The molecule has 2 aliphatic heterocycles. The van der Waals surface area contributed by atoms with Crippen molar-refractivity contribution in [2.45, 2.75) is 19.4 Å². The lowest BCUT2D eigenvalue weighted by atomic mass is 10.2. The van der Waals surface area contributed by atoms with Crippen LogP contribution in [0.1, 0.15) is 29.0 Å². The lowest BCUT2D eigenvalue weighted by Crippen LogP contribution is -2.48. The normalized spacial score (nSPS) is 19.6. The van der Waals surface area contributed by atoms with Crippen LogP contribution >= 0.6 is 0 Å². The molecule has 1 amide bonds. The minimum atomic E-state index is -3.12. The molecule has 0 bridgehead atoms. The maximum atomic E-state index is 12.6. The van der Waals surface area contributed by atoms with Gasteiger partial charge in [-0.25, -0.2) is 13.4 Å². The number of carbonyl (C=O) groups excluding carboxylic acids is 1. The van der Waals surface area contributed by atoms with Crippen molar-refractivity contribution in [1.29, 1.82) is 0 Å². The number of hydrogen-bond acceptors (Lipinski definition) is 5. The van der Waals surface area contributed by atoms with Gasteiger partial charge in [0, 0.05) is 51.9 Å². The zero-order chi connectivity index (χ0) is 19.9. The first-order valence-electron chi connectivity index (χ1n) is 9.75. The van der Waals surface area contributed by atoms with Gasteiger partial charge >= 0.3 is 0 Å². The van der Waals surface area contributed by atoms with E-state index in [4.69, 9.17) is 4.98 Å². The molecule has 0 spiro atoms. The number of aromatic nitrogens is 2. The van der Waals surface area contributed by atoms with Crippen molar-refractivity contribution < 1.29 is 13.2 Å². The number of likely N-dealkylation sites (tertiary alicyclic amines) is 1. The SMILES string of the molecule is Cn1c(CN2CCN(S(C)(=O)=O)CC2)nc2cc(C(=O)N3CCCC3)ccc21. The van der Waals surface area contributed by atoms with Crippen LogP contribution in [0.2, 0.25) is 0 Å². The maximum absolute atomic E-state index is 12.6. The van der Waals surface area contributed by atoms with E-state index in [1.54, 1.807) is 0 Å². The molecule has 3 heterocycles. The van der Waals surface area contributed by atoms with E-state index >= 15 is 0 Å². The second kappa shape index (κ2) is 7.46. The Morgan fingerprint density at radius 2 is 1.75 bits per heavy atom. The molecule has 0 unspecified atom stereocenters. The first-order valence-corrected chi connectivity index (χ1v) is 11.6. The lowest BCUT2D eigenvalue weighted by molar-refractivity contribution is 0.0793. The van der Waals surface area contributed by atoms with Crippen molar-refractivity contribution in [1.82, 2.24) is 23.7 Å². The van der Waals surface area contributed by atoms with Gasteiger partial charge in [-0.3, -0.25) is 9.69 Å². The molecule has 152 valence electrons. The molecular formula is C19H27N5O3S. The molecule has 2 aromatic rings. The van der Waals surface area contributed by atoms with E-state index in [-0.39, 0.29) is 5.91 Å². The number of nitrogens with zero attached hydrogens (tertiary/aromatic N) is 5. The highest BCUT2D eigenvalue weighted by atomic mass is 32.2. The zero-order valence-electron chi connectivity index (χ0n) is 16.5. The summed E-state index contributed by atoms with van der Waals surface area (Å²) in [7, 11) is -1.14. The Balaban J connectivity index is 1.49. The van der Waals surface area contributed by atoms with Crippen LogP contribution < -0.4 is 0 Å². The molecule has 1 aromatic carbocycles. The molecule has 2 fully saturated rings. The number of carbonyl (C=O) groups is 1. The van der Waals surface area contributed by atoms with Gasteiger partial charge in [0.15, 0.2) is 0 Å². The summed E-state index contributed by atoms with van der Waals surface area (Å²) < 4.78 is 26.9. The van der Waals surface area contributed by atoms with Crippen LogP contribution in [-0.2, 0) is 23.6 Å². The van der Waals surface area contributed by atoms with E-state index in [1.165, 1.54) is 10.6 Å². The first kappa shape index (κ1) is 19.4. The van der Waals surface area contributed by atoms with Crippen LogP contribution in [-0.4, -0.2) is 83.5 Å². The fourth-order valence-corrected chi connectivity index (χ4v) is 4.87. The third-order valence-corrected chi connectivity index (χ3v) is 7.08. The molecule has 2 saturated heterocycles. The monoisotopic (exact) mass is 405 g/mol. The number of amides is 1. The summed E-state index contributed by atoms with van der Waals surface area (Å²) in [5.74, 6) is 1.01. The molecule has 28 heavy (non-hydrogen) atoms. The molecular weight excluding hydrogens is 378 g/mol. The highest BCUT2D eigenvalue weighted by molar-refractivity contribution is 7.88. The van der Waals surface area contributed by atoms with Crippen molar-refractivity contribution in [3.63, 3.8) is 0 Å². The van der Waals surface area contributed by atoms with Crippen molar-refractivity contribution >= 4 is 27.0 Å². The smallest absolute Gasteiger partial charge is 0.253 e. The fraction of sp³-hybridized carbons (Fsp3) is 0.579. The molecule has 0 saturated carbocycles. The molecule has 0 atom stereocenters. The molecule has 4 rings (SSSR count). The van der Waals surface area contributed by atoms with Gasteiger partial charge in [-0.15, -0.1) is 0 Å². The third kappa shape index (κ3) is 3.78. The molecule has 9 heteroatoms. The molecule has 1 aromatic heterocycles. The van der Waals surface area contributed by atoms with E-state index in [0.717, 1.165) is 42.8 Å². The van der Waals surface area contributed by atoms with Gasteiger partial charge in [-0.1, -0.05) is 0 Å². The maximum Gasteiger partial charge on any atom is 0.253 e. The van der Waals surface area contributed by atoms with Crippen LogP contribution in [0, 0.1) is 0 Å². The van der Waals surface area contributed by atoms with Gasteiger partial charge < -0.3 is 9.47 Å². The molecule has 0 aliphatic carbocycles. The summed E-state index contributed by atoms with van der Waals surface area (Å²) in [4.78, 5) is 21.5. The number of imidazole rings is 1.